The van der Waals surface area contributed by atoms with Gasteiger partial charge < -0.3 is 14.4 Å². The number of aromatic nitrogens is 2. The lowest BCUT2D eigenvalue weighted by Crippen LogP contribution is -2.65. The van der Waals surface area contributed by atoms with Crippen molar-refractivity contribution in [2.24, 2.45) is 0 Å². The lowest BCUT2D eigenvalue weighted by molar-refractivity contribution is -0.200. The highest BCUT2D eigenvalue weighted by Gasteiger charge is 2.47. The Kier molecular flexibility index (Phi) is 5.22. The van der Waals surface area contributed by atoms with Crippen LogP contribution >= 0.6 is 0 Å². The van der Waals surface area contributed by atoms with E-state index >= 15 is 0 Å². The first-order valence-corrected chi connectivity index (χ1v) is 8.69. The summed E-state index contributed by atoms with van der Waals surface area (Å²) in [4.78, 5) is 15.6. The smallest absolute Gasteiger partial charge is 0.248 e. The maximum Gasteiger partial charge on any atom is 0.248 e. The van der Waals surface area contributed by atoms with Gasteiger partial charge in [-0.05, 0) is 13.3 Å². The zero-order chi connectivity index (χ0) is 17.2. The molecule has 0 unspecified atom stereocenters. The molecular weight excluding hydrogens is 308 g/mol. The van der Waals surface area contributed by atoms with Gasteiger partial charge in [0.1, 0.15) is 6.61 Å². The summed E-state index contributed by atoms with van der Waals surface area (Å²) in [7, 11) is 3.50. The van der Waals surface area contributed by atoms with Crippen LogP contribution in [0.5, 0.6) is 0 Å². The number of ether oxygens (including phenoxy) is 2. The van der Waals surface area contributed by atoms with Crippen LogP contribution in [0.25, 0.3) is 0 Å². The van der Waals surface area contributed by atoms with Gasteiger partial charge in [-0.25, -0.2) is 0 Å². The molecule has 3 heterocycles. The van der Waals surface area contributed by atoms with E-state index in [1.165, 1.54) is 5.56 Å². The second kappa shape index (κ2) is 7.21. The van der Waals surface area contributed by atoms with Gasteiger partial charge in [0, 0.05) is 65.1 Å². The normalized spacial score (nSPS) is 23.2. The number of likely N-dealkylation sites (tertiary alicyclic amines) is 1. The highest BCUT2D eigenvalue weighted by atomic mass is 16.5. The molecule has 1 aromatic rings. The van der Waals surface area contributed by atoms with Crippen molar-refractivity contribution < 1.29 is 14.3 Å². The van der Waals surface area contributed by atoms with Gasteiger partial charge in [-0.3, -0.25) is 14.4 Å². The van der Waals surface area contributed by atoms with Crippen molar-refractivity contribution in [3.05, 3.63) is 18.0 Å². The molecule has 0 aliphatic carbocycles. The van der Waals surface area contributed by atoms with Gasteiger partial charge in [-0.15, -0.1) is 0 Å². The Morgan fingerprint density at radius 1 is 1.50 bits per heavy atom. The van der Waals surface area contributed by atoms with Crippen molar-refractivity contribution in [2.75, 3.05) is 40.4 Å². The quantitative estimate of drug-likeness (QED) is 0.767. The van der Waals surface area contributed by atoms with Crippen LogP contribution in [-0.4, -0.2) is 77.6 Å². The van der Waals surface area contributed by atoms with Crippen molar-refractivity contribution in [1.29, 1.82) is 0 Å². The third kappa shape index (κ3) is 3.96. The molecule has 1 atom stereocenters. The molecule has 3 rings (SSSR count). The van der Waals surface area contributed by atoms with Crippen LogP contribution in [-0.2, 0) is 27.4 Å². The summed E-state index contributed by atoms with van der Waals surface area (Å²) < 4.78 is 13.8. The van der Waals surface area contributed by atoms with Crippen LogP contribution in [0.15, 0.2) is 12.4 Å². The van der Waals surface area contributed by atoms with E-state index in [1.807, 2.05) is 10.9 Å². The number of hydrogen-bond acceptors (Lipinski definition) is 5. The average Bonchev–Trinajstić information content (AvgIpc) is 2.99. The molecule has 2 aliphatic heterocycles. The van der Waals surface area contributed by atoms with Crippen LogP contribution in [0.3, 0.4) is 0 Å². The van der Waals surface area contributed by atoms with Gasteiger partial charge in [0.05, 0.1) is 17.9 Å². The second-order valence-electron chi connectivity index (χ2n) is 7.09. The van der Waals surface area contributed by atoms with Crippen LogP contribution in [0.2, 0.25) is 0 Å². The average molecular weight is 336 g/mol. The van der Waals surface area contributed by atoms with E-state index in [-0.39, 0.29) is 24.2 Å². The number of rotatable bonds is 6. The highest BCUT2D eigenvalue weighted by molar-refractivity contribution is 5.76. The molecule has 2 saturated heterocycles. The van der Waals surface area contributed by atoms with Gasteiger partial charge in [-0.2, -0.15) is 5.10 Å². The van der Waals surface area contributed by atoms with E-state index in [4.69, 9.17) is 9.47 Å². The van der Waals surface area contributed by atoms with Crippen molar-refractivity contribution >= 4 is 5.91 Å². The number of nitrogens with zero attached hydrogens (tertiary/aromatic N) is 4. The maximum atomic E-state index is 11.7. The number of hydrogen-bond donors (Lipinski definition) is 0. The SMILES string of the molecule is CCn1cc(CN2CC3(C[C@@H](OCC(=O)N(C)C)CCO3)C2)cn1. The van der Waals surface area contributed by atoms with Gasteiger partial charge in [0.25, 0.3) is 0 Å². The number of amides is 1. The molecule has 7 heteroatoms. The largest absolute Gasteiger partial charge is 0.372 e. The minimum Gasteiger partial charge on any atom is -0.372 e. The maximum absolute atomic E-state index is 11.7. The molecular formula is C17H28N4O3. The Labute approximate surface area is 143 Å². The first kappa shape index (κ1) is 17.4. The van der Waals surface area contributed by atoms with Crippen LogP contribution in [0.4, 0.5) is 0 Å². The predicted molar refractivity (Wildman–Crippen MR) is 89.5 cm³/mol. The van der Waals surface area contributed by atoms with Crippen molar-refractivity contribution in [3.63, 3.8) is 0 Å². The minimum absolute atomic E-state index is 0.0127. The molecule has 0 bridgehead atoms. The summed E-state index contributed by atoms with van der Waals surface area (Å²) in [6.45, 7) is 6.62. The molecule has 1 amide bonds. The number of carbonyl (C=O) groups is 1. The molecule has 2 fully saturated rings. The zero-order valence-corrected chi connectivity index (χ0v) is 14.9. The Balaban J connectivity index is 1.45. The Hall–Kier alpha value is -1.44. The lowest BCUT2D eigenvalue weighted by atomic mass is 9.84. The van der Waals surface area contributed by atoms with Crippen LogP contribution in [0.1, 0.15) is 25.3 Å². The molecule has 134 valence electrons. The highest BCUT2D eigenvalue weighted by Crippen LogP contribution is 2.36. The van der Waals surface area contributed by atoms with Gasteiger partial charge in [0.2, 0.25) is 5.91 Å². The fourth-order valence-corrected chi connectivity index (χ4v) is 3.46. The van der Waals surface area contributed by atoms with Crippen molar-refractivity contribution in [1.82, 2.24) is 19.6 Å². The number of likely N-dealkylation sites (N-methyl/N-ethyl adjacent to an activating group) is 1. The van der Waals surface area contributed by atoms with E-state index in [9.17, 15) is 4.79 Å². The molecule has 0 saturated carbocycles. The Morgan fingerprint density at radius 2 is 2.29 bits per heavy atom. The zero-order valence-electron chi connectivity index (χ0n) is 14.9. The molecule has 0 radical (unpaired) electrons. The third-order valence-electron chi connectivity index (χ3n) is 4.83. The fourth-order valence-electron chi connectivity index (χ4n) is 3.46. The summed E-state index contributed by atoms with van der Waals surface area (Å²) in [5.74, 6) is 0.0127. The minimum atomic E-state index is -0.0924. The fraction of sp³-hybridized carbons (Fsp3) is 0.765. The molecule has 1 spiro atoms. The molecule has 24 heavy (non-hydrogen) atoms. The van der Waals surface area contributed by atoms with Crippen LogP contribution < -0.4 is 0 Å². The van der Waals surface area contributed by atoms with Gasteiger partial charge >= 0.3 is 0 Å². The predicted octanol–water partition coefficient (Wildman–Crippen LogP) is 0.741. The monoisotopic (exact) mass is 336 g/mol. The molecule has 7 nitrogen and oxygen atoms in total. The Bertz CT molecular complexity index is 566. The van der Waals surface area contributed by atoms with Crippen molar-refractivity contribution in [2.45, 2.75) is 44.6 Å². The van der Waals surface area contributed by atoms with E-state index in [2.05, 4.69) is 23.1 Å². The van der Waals surface area contributed by atoms with Crippen LogP contribution in [0, 0.1) is 0 Å². The summed E-state index contributed by atoms with van der Waals surface area (Å²) >= 11 is 0. The van der Waals surface area contributed by atoms with E-state index < -0.39 is 0 Å². The summed E-state index contributed by atoms with van der Waals surface area (Å²) in [5, 5.41) is 4.32. The van der Waals surface area contributed by atoms with Crippen molar-refractivity contribution in [3.8, 4) is 0 Å². The third-order valence-corrected chi connectivity index (χ3v) is 4.83. The first-order valence-electron chi connectivity index (χ1n) is 8.69. The standard InChI is InChI=1S/C17H28N4O3/c1-4-21-10-14(8-18-21)9-20-12-17(13-20)7-15(5-6-24-17)23-11-16(22)19(2)3/h8,10,15H,4-7,9,11-13H2,1-3H3/t15-/m0/s1. The molecule has 2 aliphatic rings. The second-order valence-corrected chi connectivity index (χ2v) is 7.09. The van der Waals surface area contributed by atoms with E-state index in [0.717, 1.165) is 39.0 Å². The summed E-state index contributed by atoms with van der Waals surface area (Å²) in [5.41, 5.74) is 1.15. The first-order chi connectivity index (χ1) is 11.5. The summed E-state index contributed by atoms with van der Waals surface area (Å²) in [6.07, 6.45) is 5.90. The molecule has 0 N–H and O–H groups in total. The van der Waals surface area contributed by atoms with E-state index in [0.29, 0.717) is 6.61 Å². The topological polar surface area (TPSA) is 59.8 Å². The number of aryl methyl sites for hydroxylation is 1. The summed E-state index contributed by atoms with van der Waals surface area (Å²) in [6, 6.07) is 0. The molecule has 1 aromatic heterocycles. The Morgan fingerprint density at radius 3 is 2.96 bits per heavy atom. The van der Waals surface area contributed by atoms with Gasteiger partial charge in [0.15, 0.2) is 0 Å². The molecule has 0 aromatic carbocycles. The van der Waals surface area contributed by atoms with Gasteiger partial charge in [-0.1, -0.05) is 0 Å². The van der Waals surface area contributed by atoms with E-state index in [1.54, 1.807) is 19.0 Å². The lowest BCUT2D eigenvalue weighted by Gasteiger charge is -2.53. The number of carbonyl (C=O) groups excluding carboxylic acids is 1.